The van der Waals surface area contributed by atoms with Crippen molar-refractivity contribution in [2.24, 2.45) is 0 Å². The van der Waals surface area contributed by atoms with Gasteiger partial charge in [-0.15, -0.1) is 0 Å². The maximum Gasteiger partial charge on any atom is 0.173 e. The third kappa shape index (κ3) is 5.56. The molecule has 3 rings (SSSR count). The molecule has 0 saturated carbocycles. The molecule has 138 valence electrons. The van der Waals surface area contributed by atoms with E-state index in [1.807, 2.05) is 60.7 Å². The van der Waals surface area contributed by atoms with E-state index in [9.17, 15) is 0 Å². The van der Waals surface area contributed by atoms with Gasteiger partial charge in [0.1, 0.15) is 11.5 Å². The molecule has 3 aromatic rings. The van der Waals surface area contributed by atoms with Crippen LogP contribution in [0.2, 0.25) is 0 Å². The predicted molar refractivity (Wildman–Crippen MR) is 116 cm³/mol. The summed E-state index contributed by atoms with van der Waals surface area (Å²) >= 11 is 5.65. The smallest absolute Gasteiger partial charge is 0.173 e. The Morgan fingerprint density at radius 2 is 1.41 bits per heavy atom. The van der Waals surface area contributed by atoms with Crippen LogP contribution in [-0.4, -0.2) is 16.1 Å². The molecule has 0 fully saturated rings. The summed E-state index contributed by atoms with van der Waals surface area (Å²) in [5.74, 6) is 1.62. The second-order valence-electron chi connectivity index (χ2n) is 6.58. The Kier molecular flexibility index (Phi) is 6.44. The Bertz CT molecular complexity index is 849. The summed E-state index contributed by atoms with van der Waals surface area (Å²) in [6.07, 6.45) is 0. The van der Waals surface area contributed by atoms with Crippen LogP contribution < -0.4 is 10.1 Å². The Labute approximate surface area is 166 Å². The molecule has 0 amide bonds. The topological polar surface area (TPSA) is 24.5 Å². The zero-order valence-electron chi connectivity index (χ0n) is 15.6. The van der Waals surface area contributed by atoms with E-state index in [4.69, 9.17) is 17.0 Å². The van der Waals surface area contributed by atoms with Gasteiger partial charge in [0.25, 0.3) is 0 Å². The highest BCUT2D eigenvalue weighted by molar-refractivity contribution is 7.80. The lowest BCUT2D eigenvalue weighted by molar-refractivity contribution is 0.348. The first-order valence-electron chi connectivity index (χ1n) is 9.06. The fourth-order valence-electron chi connectivity index (χ4n) is 2.70. The maximum absolute atomic E-state index is 5.83. The van der Waals surface area contributed by atoms with Crippen molar-refractivity contribution in [2.45, 2.75) is 26.4 Å². The predicted octanol–water partition coefficient (Wildman–Crippen LogP) is 6.09. The molecule has 0 unspecified atom stereocenters. The first kappa shape index (κ1) is 18.9. The molecule has 0 aromatic heterocycles. The van der Waals surface area contributed by atoms with Crippen molar-refractivity contribution in [1.82, 2.24) is 4.90 Å². The molecule has 0 radical (unpaired) electrons. The van der Waals surface area contributed by atoms with Crippen LogP contribution in [0.15, 0.2) is 84.9 Å². The first-order chi connectivity index (χ1) is 13.1. The molecule has 0 atom stereocenters. The number of nitrogens with zero attached hydrogens (tertiary/aromatic N) is 1. The van der Waals surface area contributed by atoms with Gasteiger partial charge in [-0.25, -0.2) is 0 Å². The van der Waals surface area contributed by atoms with Crippen molar-refractivity contribution in [3.8, 4) is 11.5 Å². The SMILES string of the molecule is CC(C)N(Cc1ccccc1)C(=S)Nc1ccc(Oc2ccccc2)cc1. The van der Waals surface area contributed by atoms with Gasteiger partial charge in [0.2, 0.25) is 0 Å². The summed E-state index contributed by atoms with van der Waals surface area (Å²) in [4.78, 5) is 2.18. The Balaban J connectivity index is 1.63. The highest BCUT2D eigenvalue weighted by Gasteiger charge is 2.14. The minimum Gasteiger partial charge on any atom is -0.457 e. The maximum atomic E-state index is 5.83. The monoisotopic (exact) mass is 376 g/mol. The number of nitrogens with one attached hydrogen (secondary N) is 1. The van der Waals surface area contributed by atoms with E-state index in [-0.39, 0.29) is 0 Å². The number of hydrogen-bond acceptors (Lipinski definition) is 2. The van der Waals surface area contributed by atoms with Crippen molar-refractivity contribution in [1.29, 1.82) is 0 Å². The van der Waals surface area contributed by atoms with Crippen LogP contribution in [-0.2, 0) is 6.54 Å². The Morgan fingerprint density at radius 3 is 2.00 bits per heavy atom. The summed E-state index contributed by atoms with van der Waals surface area (Å²) < 4.78 is 5.83. The van der Waals surface area contributed by atoms with E-state index in [1.54, 1.807) is 0 Å². The molecule has 0 heterocycles. The van der Waals surface area contributed by atoms with E-state index in [0.29, 0.717) is 11.2 Å². The molecular weight excluding hydrogens is 352 g/mol. The third-order valence-electron chi connectivity index (χ3n) is 4.16. The molecule has 0 saturated heterocycles. The molecular formula is C23H24N2OS. The van der Waals surface area contributed by atoms with Crippen molar-refractivity contribution in [3.05, 3.63) is 90.5 Å². The summed E-state index contributed by atoms with van der Waals surface area (Å²) in [6.45, 7) is 5.07. The zero-order chi connectivity index (χ0) is 19.1. The van der Waals surface area contributed by atoms with Gasteiger partial charge in [-0.2, -0.15) is 0 Å². The lowest BCUT2D eigenvalue weighted by Gasteiger charge is -2.30. The minimum atomic E-state index is 0.297. The first-order valence-corrected chi connectivity index (χ1v) is 9.47. The molecule has 27 heavy (non-hydrogen) atoms. The normalized spacial score (nSPS) is 10.5. The van der Waals surface area contributed by atoms with Gasteiger partial charge in [0.05, 0.1) is 0 Å². The summed E-state index contributed by atoms with van der Waals surface area (Å²) in [5, 5.41) is 4.05. The number of ether oxygens (including phenoxy) is 1. The fraction of sp³-hybridized carbons (Fsp3) is 0.174. The van der Waals surface area contributed by atoms with Gasteiger partial charge < -0.3 is 15.0 Å². The van der Waals surface area contributed by atoms with Gasteiger partial charge in [-0.05, 0) is 68.0 Å². The Hall–Kier alpha value is -2.85. The minimum absolute atomic E-state index is 0.297. The van der Waals surface area contributed by atoms with Crippen molar-refractivity contribution in [2.75, 3.05) is 5.32 Å². The van der Waals surface area contributed by atoms with Gasteiger partial charge in [0, 0.05) is 18.3 Å². The Morgan fingerprint density at radius 1 is 0.852 bits per heavy atom. The molecule has 0 bridgehead atoms. The van der Waals surface area contributed by atoms with E-state index in [0.717, 1.165) is 23.7 Å². The molecule has 4 heteroatoms. The molecule has 3 nitrogen and oxygen atoms in total. The number of thiocarbonyl (C=S) groups is 1. The average Bonchev–Trinajstić information content (AvgIpc) is 2.69. The molecule has 1 N–H and O–H groups in total. The second-order valence-corrected chi connectivity index (χ2v) is 6.96. The number of anilines is 1. The molecule has 0 aliphatic heterocycles. The number of benzene rings is 3. The highest BCUT2D eigenvalue weighted by Crippen LogP contribution is 2.23. The van der Waals surface area contributed by atoms with Crippen molar-refractivity contribution >= 4 is 23.0 Å². The van der Waals surface area contributed by atoms with Crippen LogP contribution in [0, 0.1) is 0 Å². The van der Waals surface area contributed by atoms with Gasteiger partial charge in [0.15, 0.2) is 5.11 Å². The summed E-state index contributed by atoms with van der Waals surface area (Å²) in [7, 11) is 0. The van der Waals surface area contributed by atoms with Crippen LogP contribution in [0.1, 0.15) is 19.4 Å². The molecule has 0 aliphatic carbocycles. The van der Waals surface area contributed by atoms with Crippen LogP contribution in [0.4, 0.5) is 5.69 Å². The number of hydrogen-bond donors (Lipinski definition) is 1. The van der Waals surface area contributed by atoms with Crippen LogP contribution in [0.5, 0.6) is 11.5 Å². The fourth-order valence-corrected chi connectivity index (χ4v) is 3.09. The lowest BCUT2D eigenvalue weighted by atomic mass is 10.2. The third-order valence-corrected chi connectivity index (χ3v) is 4.50. The standard InChI is InChI=1S/C23H24N2OS/c1-18(2)25(17-19-9-5-3-6-10-19)23(27)24-20-13-15-22(16-14-20)26-21-11-7-4-8-12-21/h3-16,18H,17H2,1-2H3,(H,24,27). The largest absolute Gasteiger partial charge is 0.457 e. The lowest BCUT2D eigenvalue weighted by Crippen LogP contribution is -2.39. The quantitative estimate of drug-likeness (QED) is 0.526. The average molecular weight is 377 g/mol. The van der Waals surface area contributed by atoms with E-state index in [2.05, 4.69) is 48.3 Å². The number of para-hydroxylation sites is 1. The molecule has 0 spiro atoms. The van der Waals surface area contributed by atoms with Crippen molar-refractivity contribution in [3.63, 3.8) is 0 Å². The second kappa shape index (κ2) is 9.19. The van der Waals surface area contributed by atoms with E-state index in [1.165, 1.54) is 5.56 Å². The van der Waals surface area contributed by atoms with Crippen LogP contribution in [0.25, 0.3) is 0 Å². The van der Waals surface area contributed by atoms with Gasteiger partial charge >= 0.3 is 0 Å². The highest BCUT2D eigenvalue weighted by atomic mass is 32.1. The molecule has 0 aliphatic rings. The van der Waals surface area contributed by atoms with E-state index < -0.39 is 0 Å². The van der Waals surface area contributed by atoms with Crippen LogP contribution in [0.3, 0.4) is 0 Å². The summed E-state index contributed by atoms with van der Waals surface area (Å²) in [5.41, 5.74) is 2.18. The summed E-state index contributed by atoms with van der Waals surface area (Å²) in [6, 6.07) is 28.2. The van der Waals surface area contributed by atoms with E-state index >= 15 is 0 Å². The zero-order valence-corrected chi connectivity index (χ0v) is 16.4. The number of rotatable bonds is 6. The van der Waals surface area contributed by atoms with Gasteiger partial charge in [-0.3, -0.25) is 0 Å². The van der Waals surface area contributed by atoms with Crippen molar-refractivity contribution < 1.29 is 4.74 Å². The molecule has 3 aromatic carbocycles. The van der Waals surface area contributed by atoms with Gasteiger partial charge in [-0.1, -0.05) is 48.5 Å². The van der Waals surface area contributed by atoms with Crippen LogP contribution >= 0.6 is 12.2 Å².